The smallest absolute Gasteiger partial charge is 0.307 e. The molecule has 0 N–H and O–H groups in total. The van der Waals surface area contributed by atoms with Gasteiger partial charge in [-0.3, -0.25) is 9.59 Å². The van der Waals surface area contributed by atoms with Crippen molar-refractivity contribution in [2.24, 2.45) is 4.99 Å². The van der Waals surface area contributed by atoms with Crippen LogP contribution < -0.4 is 4.80 Å². The second-order valence-corrected chi connectivity index (χ2v) is 5.34. The van der Waals surface area contributed by atoms with E-state index in [1.165, 1.54) is 30.6 Å². The number of ether oxygens (including phenoxy) is 1. The van der Waals surface area contributed by atoms with Crippen LogP contribution in [0.5, 0.6) is 0 Å². The van der Waals surface area contributed by atoms with Crippen molar-refractivity contribution in [3.8, 4) is 0 Å². The highest BCUT2D eigenvalue weighted by Crippen LogP contribution is 2.19. The summed E-state index contributed by atoms with van der Waals surface area (Å²) in [5.74, 6) is -0.956. The topological polar surface area (TPSA) is 60.7 Å². The zero-order valence-corrected chi connectivity index (χ0v) is 12.6. The molecule has 0 atom stereocenters. The maximum Gasteiger partial charge on any atom is 0.307 e. The minimum atomic E-state index is -0.350. The molecule has 2 aromatic rings. The summed E-state index contributed by atoms with van der Waals surface area (Å²) in [7, 11) is 1.32. The summed E-state index contributed by atoms with van der Waals surface area (Å²) < 4.78 is 20.3. The molecule has 112 valence electrons. The number of aromatic nitrogens is 1. The molecule has 5 nitrogen and oxygen atoms in total. The van der Waals surface area contributed by atoms with E-state index in [1.807, 2.05) is 0 Å². The lowest BCUT2D eigenvalue weighted by molar-refractivity contribution is -0.140. The zero-order chi connectivity index (χ0) is 15.4. The third kappa shape index (κ3) is 3.55. The van der Waals surface area contributed by atoms with Gasteiger partial charge in [0.1, 0.15) is 5.82 Å². The van der Waals surface area contributed by atoms with Gasteiger partial charge in [-0.1, -0.05) is 18.3 Å². The zero-order valence-electron chi connectivity index (χ0n) is 11.8. The molecule has 0 radical (unpaired) electrons. The molecule has 0 aliphatic carbocycles. The van der Waals surface area contributed by atoms with Gasteiger partial charge < -0.3 is 9.30 Å². The van der Waals surface area contributed by atoms with Crippen LogP contribution in [-0.4, -0.2) is 23.6 Å². The third-order valence-electron chi connectivity index (χ3n) is 2.93. The fraction of sp³-hybridized carbons (Fsp3) is 0.357. The van der Waals surface area contributed by atoms with E-state index in [4.69, 9.17) is 0 Å². The number of nitrogens with zero attached hydrogens (tertiary/aromatic N) is 2. The number of halogens is 1. The van der Waals surface area contributed by atoms with Crippen molar-refractivity contribution in [3.05, 3.63) is 28.8 Å². The van der Waals surface area contributed by atoms with Gasteiger partial charge in [-0.2, -0.15) is 4.99 Å². The van der Waals surface area contributed by atoms with E-state index in [0.29, 0.717) is 22.5 Å². The Hall–Kier alpha value is -2.02. The largest absolute Gasteiger partial charge is 0.469 e. The Labute approximate surface area is 124 Å². The quantitative estimate of drug-likeness (QED) is 0.814. The molecule has 0 bridgehead atoms. The van der Waals surface area contributed by atoms with Gasteiger partial charge in [0.15, 0.2) is 4.80 Å². The first-order valence-corrected chi connectivity index (χ1v) is 7.30. The van der Waals surface area contributed by atoms with Crippen LogP contribution in [0.3, 0.4) is 0 Å². The van der Waals surface area contributed by atoms with E-state index >= 15 is 0 Å². The van der Waals surface area contributed by atoms with Gasteiger partial charge in [0, 0.05) is 13.0 Å². The van der Waals surface area contributed by atoms with Gasteiger partial charge >= 0.3 is 5.97 Å². The maximum atomic E-state index is 13.3. The average molecular weight is 310 g/mol. The molecule has 21 heavy (non-hydrogen) atoms. The van der Waals surface area contributed by atoms with Crippen LogP contribution in [0, 0.1) is 5.82 Å². The van der Waals surface area contributed by atoms with Crippen molar-refractivity contribution >= 4 is 33.4 Å². The molecule has 0 saturated heterocycles. The van der Waals surface area contributed by atoms with Crippen molar-refractivity contribution in [2.75, 3.05) is 7.11 Å². The molecule has 0 aliphatic heterocycles. The van der Waals surface area contributed by atoms with Crippen LogP contribution in [-0.2, 0) is 20.9 Å². The van der Waals surface area contributed by atoms with Crippen LogP contribution in [0.25, 0.3) is 10.2 Å². The summed E-state index contributed by atoms with van der Waals surface area (Å²) in [6, 6.07) is 4.35. The van der Waals surface area contributed by atoms with Gasteiger partial charge in [-0.25, -0.2) is 4.39 Å². The number of rotatable bonds is 4. The van der Waals surface area contributed by atoms with E-state index in [0.717, 1.165) is 5.52 Å². The highest BCUT2D eigenvalue weighted by Gasteiger charge is 2.10. The lowest BCUT2D eigenvalue weighted by Gasteiger charge is -2.04. The number of carbonyl (C=O) groups excluding carboxylic acids is 2. The first kappa shape index (κ1) is 15.4. The Balaban J connectivity index is 2.52. The highest BCUT2D eigenvalue weighted by atomic mass is 32.1. The Morgan fingerprint density at radius 1 is 1.43 bits per heavy atom. The standard InChI is InChI=1S/C14H15FN2O3S/c1-3-12(18)16-14-17(7-6-13(19)20-2)10-5-4-9(15)8-11(10)21-14/h4-5,8H,3,6-7H2,1-2H3. The van der Waals surface area contributed by atoms with E-state index in [1.54, 1.807) is 17.6 Å². The molecule has 1 aromatic heterocycles. The fourth-order valence-electron chi connectivity index (χ4n) is 1.84. The molecular weight excluding hydrogens is 295 g/mol. The van der Waals surface area contributed by atoms with Crippen molar-refractivity contribution < 1.29 is 18.7 Å². The van der Waals surface area contributed by atoms with Crippen LogP contribution in [0.2, 0.25) is 0 Å². The second kappa shape index (κ2) is 6.62. The normalized spacial score (nSPS) is 11.9. The summed E-state index contributed by atoms with van der Waals surface area (Å²) in [6.07, 6.45) is 0.451. The molecule has 1 amide bonds. The van der Waals surface area contributed by atoms with Gasteiger partial charge in [-0.15, -0.1) is 0 Å². The molecule has 0 saturated carbocycles. The van der Waals surface area contributed by atoms with Crippen LogP contribution in [0.15, 0.2) is 23.2 Å². The third-order valence-corrected chi connectivity index (χ3v) is 3.98. The van der Waals surface area contributed by atoms with E-state index in [9.17, 15) is 14.0 Å². The van der Waals surface area contributed by atoms with Gasteiger partial charge in [0.2, 0.25) is 5.91 Å². The molecule has 0 spiro atoms. The number of methoxy groups -OCH3 is 1. The van der Waals surface area contributed by atoms with E-state index in [2.05, 4.69) is 9.73 Å². The summed E-state index contributed by atoms with van der Waals surface area (Å²) in [6.45, 7) is 2.05. The minimum absolute atomic E-state index is 0.160. The summed E-state index contributed by atoms with van der Waals surface area (Å²) in [4.78, 5) is 27.3. The molecular formula is C14H15FN2O3S. The lowest BCUT2D eigenvalue weighted by Crippen LogP contribution is -2.19. The number of hydrogen-bond acceptors (Lipinski definition) is 4. The summed E-state index contributed by atoms with van der Waals surface area (Å²) >= 11 is 1.22. The molecule has 0 aliphatic rings. The molecule has 2 rings (SSSR count). The number of benzene rings is 1. The van der Waals surface area contributed by atoms with Crippen molar-refractivity contribution in [1.29, 1.82) is 0 Å². The molecule has 0 unspecified atom stereocenters. The number of fused-ring (bicyclic) bond motifs is 1. The van der Waals surface area contributed by atoms with Crippen LogP contribution in [0.1, 0.15) is 19.8 Å². The SMILES string of the molecule is CCC(=O)N=c1sc2cc(F)ccc2n1CCC(=O)OC. The minimum Gasteiger partial charge on any atom is -0.469 e. The fourth-order valence-corrected chi connectivity index (χ4v) is 2.94. The lowest BCUT2D eigenvalue weighted by atomic mass is 10.3. The monoisotopic (exact) mass is 310 g/mol. The molecule has 1 heterocycles. The van der Waals surface area contributed by atoms with Crippen molar-refractivity contribution in [2.45, 2.75) is 26.3 Å². The van der Waals surface area contributed by atoms with Crippen molar-refractivity contribution in [1.82, 2.24) is 4.57 Å². The molecule has 0 fully saturated rings. The number of amides is 1. The molecule has 1 aromatic carbocycles. The summed E-state index contributed by atoms with van der Waals surface area (Å²) in [5.41, 5.74) is 0.743. The first-order chi connectivity index (χ1) is 10.0. The van der Waals surface area contributed by atoms with E-state index < -0.39 is 0 Å². The number of thiazole rings is 1. The number of aryl methyl sites for hydroxylation is 1. The van der Waals surface area contributed by atoms with Gasteiger partial charge in [0.05, 0.1) is 23.7 Å². The van der Waals surface area contributed by atoms with Crippen LogP contribution in [0.4, 0.5) is 4.39 Å². The van der Waals surface area contributed by atoms with Gasteiger partial charge in [-0.05, 0) is 18.2 Å². The summed E-state index contributed by atoms with van der Waals surface area (Å²) in [5, 5.41) is 0. The highest BCUT2D eigenvalue weighted by molar-refractivity contribution is 7.16. The number of carbonyl (C=O) groups is 2. The Kier molecular flexibility index (Phi) is 4.85. The Morgan fingerprint density at radius 3 is 2.86 bits per heavy atom. The number of hydrogen-bond donors (Lipinski definition) is 0. The molecule has 7 heteroatoms. The first-order valence-electron chi connectivity index (χ1n) is 6.48. The van der Waals surface area contributed by atoms with Crippen molar-refractivity contribution in [3.63, 3.8) is 0 Å². The predicted octanol–water partition coefficient (Wildman–Crippen LogP) is 2.24. The number of esters is 1. The average Bonchev–Trinajstić information content (AvgIpc) is 2.80. The van der Waals surface area contributed by atoms with E-state index in [-0.39, 0.29) is 24.1 Å². The second-order valence-electron chi connectivity index (χ2n) is 4.33. The van der Waals surface area contributed by atoms with Crippen LogP contribution >= 0.6 is 11.3 Å². The Bertz CT molecular complexity index is 748. The Morgan fingerprint density at radius 2 is 2.19 bits per heavy atom. The predicted molar refractivity (Wildman–Crippen MR) is 77.3 cm³/mol. The van der Waals surface area contributed by atoms with Gasteiger partial charge in [0.25, 0.3) is 0 Å². The maximum absolute atomic E-state index is 13.3.